The molecule has 0 aliphatic heterocycles. The van der Waals surface area contributed by atoms with Crippen LogP contribution < -0.4 is 0 Å². The minimum Gasteiger partial charge on any atom is -0.880 e. The first-order chi connectivity index (χ1) is 6.09. The fraction of sp³-hybridized carbons (Fsp3) is 0.727. The molecule has 14 heavy (non-hydrogen) atoms. The Morgan fingerprint density at radius 1 is 1.07 bits per heavy atom. The van der Waals surface area contributed by atoms with Crippen molar-refractivity contribution in [1.82, 2.24) is 0 Å². The minimum atomic E-state index is -0.348. The number of hydrogen-bond donors (Lipinski definition) is 0. The van der Waals surface area contributed by atoms with E-state index in [0.29, 0.717) is 5.76 Å². The number of carbonyl (C=O) groups is 1. The molecule has 2 nitrogen and oxygen atoms in total. The fourth-order valence-corrected chi connectivity index (χ4v) is 1.18. The highest BCUT2D eigenvalue weighted by molar-refractivity contribution is 6.00. The van der Waals surface area contributed by atoms with Crippen LogP contribution in [0.3, 0.4) is 0 Å². The number of hydrogen-bond acceptors (Lipinski definition) is 2. The Balaban J connectivity index is 4.89. The molecule has 0 aromatic heterocycles. The summed E-state index contributed by atoms with van der Waals surface area (Å²) in [6.45, 7) is 11.7. The van der Waals surface area contributed by atoms with Crippen LogP contribution in [0, 0.1) is 10.8 Å². The van der Waals surface area contributed by atoms with Crippen molar-refractivity contribution in [3.8, 4) is 0 Å². The lowest BCUT2D eigenvalue weighted by Gasteiger charge is -2.32. The summed E-state index contributed by atoms with van der Waals surface area (Å²) in [5.74, 6) is 0.785. The molecule has 0 fully saturated rings. The molecule has 0 atom stereocenters. The zero-order valence-corrected chi connectivity index (χ0v) is 11.1. The van der Waals surface area contributed by atoms with Crippen LogP contribution in [0.4, 0.5) is 0 Å². The van der Waals surface area contributed by atoms with Gasteiger partial charge in [-0.15, -0.1) is 0 Å². The second-order valence-electron chi connectivity index (χ2n) is 5.49. The normalized spacial score (nSPS) is 14.1. The summed E-state index contributed by atoms with van der Waals surface area (Å²) in [6.07, 6.45) is 1.59. The second-order valence-corrected chi connectivity index (χ2v) is 5.73. The van der Waals surface area contributed by atoms with Crippen molar-refractivity contribution >= 4 is 22.4 Å². The summed E-state index contributed by atoms with van der Waals surface area (Å²) >= 11 is 2.19. The van der Waals surface area contributed by atoms with Gasteiger partial charge in [0.05, 0.1) is 0 Å². The van der Waals surface area contributed by atoms with Crippen molar-refractivity contribution in [2.45, 2.75) is 41.5 Å². The lowest BCUT2D eigenvalue weighted by Crippen LogP contribution is -2.21. The smallest absolute Gasteiger partial charge is 0.164 e. The van der Waals surface area contributed by atoms with Crippen LogP contribution in [0.1, 0.15) is 41.5 Å². The molecule has 0 aliphatic carbocycles. The molecule has 79 valence electrons. The largest absolute Gasteiger partial charge is 0.880 e. The van der Waals surface area contributed by atoms with Gasteiger partial charge in [-0.2, -0.15) is 0 Å². The van der Waals surface area contributed by atoms with E-state index in [9.17, 15) is 4.79 Å². The maximum Gasteiger partial charge on any atom is 0.164 e. The fourth-order valence-electron chi connectivity index (χ4n) is 0.763. The van der Waals surface area contributed by atoms with E-state index in [1.54, 1.807) is 6.08 Å². The van der Waals surface area contributed by atoms with Crippen LogP contribution in [-0.2, 0) is 8.58 Å². The van der Waals surface area contributed by atoms with Crippen LogP contribution in [-0.4, -0.2) is 22.4 Å². The van der Waals surface area contributed by atoms with E-state index in [1.165, 1.54) is 0 Å². The van der Waals surface area contributed by atoms with Crippen LogP contribution in [0.15, 0.2) is 11.8 Å². The molecule has 3 radical (unpaired) electrons. The Labute approximate surface area is 95.5 Å². The van der Waals surface area contributed by atoms with Crippen molar-refractivity contribution in [2.75, 3.05) is 0 Å². The molecule has 0 amide bonds. The Kier molecular flexibility index (Phi) is 4.42. The first-order valence-electron chi connectivity index (χ1n) is 4.72. The van der Waals surface area contributed by atoms with E-state index in [-0.39, 0.29) is 16.6 Å². The van der Waals surface area contributed by atoms with E-state index in [1.807, 2.05) is 41.5 Å². The average molecular weight is 210 g/mol. The summed E-state index contributed by atoms with van der Waals surface area (Å²) in [6, 6.07) is 0. The Hall–Kier alpha value is -0.258. The van der Waals surface area contributed by atoms with Gasteiger partial charge in [0, 0.05) is 22.7 Å². The van der Waals surface area contributed by atoms with E-state index in [4.69, 9.17) is 3.79 Å². The summed E-state index contributed by atoms with van der Waals surface area (Å²) in [7, 11) is 0. The van der Waals surface area contributed by atoms with Crippen LogP contribution in [0.25, 0.3) is 0 Å². The van der Waals surface area contributed by atoms with Crippen molar-refractivity contribution < 1.29 is 8.58 Å². The molecule has 0 saturated heterocycles. The van der Waals surface area contributed by atoms with Gasteiger partial charge in [0.25, 0.3) is 0 Å². The summed E-state index contributed by atoms with van der Waals surface area (Å²) in [5.41, 5.74) is -0.484. The Bertz CT molecular complexity index is 241. The third-order valence-corrected chi connectivity index (χ3v) is 2.12. The van der Waals surface area contributed by atoms with Gasteiger partial charge in [0.1, 0.15) is 0 Å². The summed E-state index contributed by atoms with van der Waals surface area (Å²) in [5, 5.41) is 0. The van der Waals surface area contributed by atoms with Crippen LogP contribution in [0.2, 0.25) is 0 Å². The quantitative estimate of drug-likeness (QED) is 0.398. The summed E-state index contributed by atoms with van der Waals surface area (Å²) < 4.78 is 5.14. The molecular weight excluding hydrogens is 191 g/mol. The number of ketones is 1. The average Bonchev–Trinajstić information content (AvgIpc) is 1.95. The third-order valence-electron chi connectivity index (χ3n) is 1.87. The molecule has 0 spiro atoms. The van der Waals surface area contributed by atoms with E-state index >= 15 is 0 Å². The molecule has 0 N–H and O–H groups in total. The topological polar surface area (TPSA) is 26.3 Å². The Morgan fingerprint density at radius 2 is 1.50 bits per heavy atom. The van der Waals surface area contributed by atoms with E-state index in [0.717, 1.165) is 0 Å². The standard InChI is InChI=1S/C11H20O2.Al/c1-10(2,3)8(12)7-9(13)11(4,5)6;/h7,12H,1-6H3;/p-1/b8-7-;. The second kappa shape index (κ2) is 4.51. The van der Waals surface area contributed by atoms with Gasteiger partial charge in [-0.25, -0.2) is 0 Å². The highest BCUT2D eigenvalue weighted by Gasteiger charge is 2.22. The SMILES string of the molecule is CC(C)(C)C(=O)/C=C(\[O][Al-])C(C)(C)C. The van der Waals surface area contributed by atoms with Crippen LogP contribution >= 0.6 is 0 Å². The molecular formula is C11H19AlO2-. The van der Waals surface area contributed by atoms with Gasteiger partial charge < -0.3 is 3.79 Å². The maximum absolute atomic E-state index is 11.7. The summed E-state index contributed by atoms with van der Waals surface area (Å²) in [4.78, 5) is 11.7. The zero-order valence-electron chi connectivity index (χ0n) is 9.97. The molecule has 0 rings (SSSR count). The van der Waals surface area contributed by atoms with E-state index in [2.05, 4.69) is 16.6 Å². The van der Waals surface area contributed by atoms with Crippen molar-refractivity contribution in [3.05, 3.63) is 11.8 Å². The van der Waals surface area contributed by atoms with E-state index < -0.39 is 0 Å². The molecule has 0 aromatic rings. The van der Waals surface area contributed by atoms with Crippen molar-refractivity contribution in [1.29, 1.82) is 0 Å². The van der Waals surface area contributed by atoms with Gasteiger partial charge >= 0.3 is 0 Å². The van der Waals surface area contributed by atoms with Gasteiger partial charge in [0.2, 0.25) is 0 Å². The maximum atomic E-state index is 11.7. The van der Waals surface area contributed by atoms with Crippen molar-refractivity contribution in [3.63, 3.8) is 0 Å². The first kappa shape index (κ1) is 13.7. The monoisotopic (exact) mass is 210 g/mol. The molecule has 0 saturated carbocycles. The highest BCUT2D eigenvalue weighted by atomic mass is 27.1. The number of allylic oxidation sites excluding steroid dienone is 2. The number of carbonyl (C=O) groups excluding carboxylic acids is 1. The highest BCUT2D eigenvalue weighted by Crippen LogP contribution is 2.27. The molecule has 3 heteroatoms. The number of rotatable bonds is 2. The lowest BCUT2D eigenvalue weighted by molar-refractivity contribution is -0.121. The van der Waals surface area contributed by atoms with Gasteiger partial charge in [-0.1, -0.05) is 41.5 Å². The predicted octanol–water partition coefficient (Wildman–Crippen LogP) is 2.63. The molecule has 0 unspecified atom stereocenters. The zero-order chi connectivity index (χ0) is 11.6. The minimum absolute atomic E-state index is 0.0878. The molecule has 0 aliphatic rings. The first-order valence-corrected chi connectivity index (χ1v) is 5.19. The third kappa shape index (κ3) is 4.30. The predicted molar refractivity (Wildman–Crippen MR) is 58.8 cm³/mol. The van der Waals surface area contributed by atoms with Crippen molar-refractivity contribution in [2.24, 2.45) is 10.8 Å². The van der Waals surface area contributed by atoms with Crippen LogP contribution in [0.5, 0.6) is 0 Å². The van der Waals surface area contributed by atoms with Gasteiger partial charge in [-0.3, -0.25) is 21.4 Å². The molecule has 0 aromatic carbocycles. The molecule has 0 heterocycles. The van der Waals surface area contributed by atoms with Gasteiger partial charge in [0.15, 0.2) is 5.78 Å². The lowest BCUT2D eigenvalue weighted by atomic mass is 9.87. The molecule has 0 bridgehead atoms. The van der Waals surface area contributed by atoms with Gasteiger partial charge in [-0.05, 0) is 0 Å². The Morgan fingerprint density at radius 3 is 1.71 bits per heavy atom.